The highest BCUT2D eigenvalue weighted by Crippen LogP contribution is 2.30. The molecule has 4 nitrogen and oxygen atoms in total. The average Bonchev–Trinajstić information content (AvgIpc) is 2.85. The topological polar surface area (TPSA) is 63.3 Å². The van der Waals surface area contributed by atoms with Crippen molar-refractivity contribution in [3.05, 3.63) is 26.7 Å². The Morgan fingerprint density at radius 3 is 2.94 bits per heavy atom. The van der Waals surface area contributed by atoms with E-state index in [1.54, 1.807) is 0 Å². The van der Waals surface area contributed by atoms with E-state index >= 15 is 0 Å². The molecule has 0 saturated heterocycles. The van der Waals surface area contributed by atoms with Gasteiger partial charge in [-0.25, -0.2) is 9.78 Å². The van der Waals surface area contributed by atoms with E-state index in [4.69, 9.17) is 9.52 Å². The van der Waals surface area contributed by atoms with Gasteiger partial charge in [-0.15, -0.1) is 11.3 Å². The van der Waals surface area contributed by atoms with Gasteiger partial charge in [-0.1, -0.05) is 13.3 Å². The second kappa shape index (κ2) is 5.01. The monoisotopic (exact) mass is 315 g/mol. The maximum Gasteiger partial charge on any atom is 0.373 e. The van der Waals surface area contributed by atoms with Crippen molar-refractivity contribution in [1.29, 1.82) is 0 Å². The molecule has 17 heavy (non-hydrogen) atoms. The summed E-state index contributed by atoms with van der Waals surface area (Å²) in [5, 5.41) is 10.9. The molecule has 0 aliphatic rings. The predicted octanol–water partition coefficient (Wildman–Crippen LogP) is 3.82. The van der Waals surface area contributed by atoms with E-state index in [9.17, 15) is 4.79 Å². The van der Waals surface area contributed by atoms with Crippen molar-refractivity contribution in [2.24, 2.45) is 0 Å². The molecule has 6 heteroatoms. The first-order valence-electron chi connectivity index (χ1n) is 5.09. The summed E-state index contributed by atoms with van der Waals surface area (Å²) in [6, 6.07) is 1.86. The van der Waals surface area contributed by atoms with Gasteiger partial charge >= 0.3 is 5.97 Å². The lowest BCUT2D eigenvalue weighted by Crippen LogP contribution is -1.99. The Morgan fingerprint density at radius 2 is 2.41 bits per heavy atom. The molecule has 0 fully saturated rings. The van der Waals surface area contributed by atoms with Crippen LogP contribution in [0.4, 0.5) is 0 Å². The number of carbonyl (C=O) groups is 1. The summed E-state index contributed by atoms with van der Waals surface area (Å²) in [4.78, 5) is 15.2. The molecule has 0 aromatic carbocycles. The molecule has 0 unspecified atom stereocenters. The molecule has 0 amide bonds. The van der Waals surface area contributed by atoms with Crippen LogP contribution in [0.2, 0.25) is 0 Å². The van der Waals surface area contributed by atoms with Crippen molar-refractivity contribution in [3.8, 4) is 11.5 Å². The first-order chi connectivity index (χ1) is 8.11. The first-order valence-corrected chi connectivity index (χ1v) is 6.76. The van der Waals surface area contributed by atoms with E-state index in [0.29, 0.717) is 18.0 Å². The van der Waals surface area contributed by atoms with E-state index in [0.717, 1.165) is 15.8 Å². The third kappa shape index (κ3) is 2.58. The number of aromatic carboxylic acids is 1. The lowest BCUT2D eigenvalue weighted by atomic mass is 10.2. The van der Waals surface area contributed by atoms with Crippen molar-refractivity contribution in [2.75, 3.05) is 0 Å². The number of aryl methyl sites for hydroxylation is 1. The summed E-state index contributed by atoms with van der Waals surface area (Å²) < 4.78 is 6.26. The molecule has 0 radical (unpaired) electrons. The summed E-state index contributed by atoms with van der Waals surface area (Å²) in [6.07, 6.45) is 1.44. The molecule has 2 aromatic rings. The Morgan fingerprint density at radius 1 is 1.65 bits per heavy atom. The van der Waals surface area contributed by atoms with Gasteiger partial charge < -0.3 is 9.52 Å². The normalized spacial score (nSPS) is 10.7. The van der Waals surface area contributed by atoms with Crippen molar-refractivity contribution < 1.29 is 14.3 Å². The van der Waals surface area contributed by atoms with E-state index in [1.807, 2.05) is 18.4 Å². The summed E-state index contributed by atoms with van der Waals surface area (Å²) in [5.41, 5.74) is 1.31. The fraction of sp³-hybridized carbons (Fsp3) is 0.273. The van der Waals surface area contributed by atoms with E-state index in [-0.39, 0.29) is 5.76 Å². The van der Waals surface area contributed by atoms with E-state index in [1.165, 1.54) is 11.3 Å². The molecule has 2 aromatic heterocycles. The maximum atomic E-state index is 11.0. The maximum absolute atomic E-state index is 11.0. The smallest absolute Gasteiger partial charge is 0.373 e. The molecule has 0 aliphatic heterocycles. The lowest BCUT2D eigenvalue weighted by molar-refractivity contribution is 0.0661. The molecular weight excluding hydrogens is 306 g/mol. The molecule has 90 valence electrons. The van der Waals surface area contributed by atoms with Gasteiger partial charge in [-0.05, 0) is 28.4 Å². The summed E-state index contributed by atoms with van der Waals surface area (Å²) >= 11 is 4.85. The highest BCUT2D eigenvalue weighted by molar-refractivity contribution is 9.11. The average molecular weight is 316 g/mol. The van der Waals surface area contributed by atoms with Crippen LogP contribution in [0.3, 0.4) is 0 Å². The van der Waals surface area contributed by atoms with Gasteiger partial charge in [0.2, 0.25) is 11.7 Å². The quantitative estimate of drug-likeness (QED) is 0.931. The third-order valence-corrected chi connectivity index (χ3v) is 3.70. The Kier molecular flexibility index (Phi) is 3.63. The fourth-order valence-electron chi connectivity index (χ4n) is 1.47. The van der Waals surface area contributed by atoms with Crippen LogP contribution in [0.25, 0.3) is 11.5 Å². The molecule has 0 spiro atoms. The van der Waals surface area contributed by atoms with Crippen LogP contribution < -0.4 is 0 Å². The van der Waals surface area contributed by atoms with Crippen molar-refractivity contribution in [3.63, 3.8) is 0 Å². The second-order valence-electron chi connectivity index (χ2n) is 3.49. The zero-order valence-electron chi connectivity index (χ0n) is 9.07. The van der Waals surface area contributed by atoms with Gasteiger partial charge in [0.15, 0.2) is 0 Å². The molecule has 2 rings (SSSR count). The van der Waals surface area contributed by atoms with Crippen molar-refractivity contribution in [1.82, 2.24) is 4.98 Å². The third-order valence-electron chi connectivity index (χ3n) is 2.19. The van der Waals surface area contributed by atoms with Crippen LogP contribution in [0.1, 0.15) is 29.6 Å². The van der Waals surface area contributed by atoms with Crippen LogP contribution in [0, 0.1) is 0 Å². The van der Waals surface area contributed by atoms with Crippen molar-refractivity contribution >= 4 is 33.2 Å². The molecule has 0 saturated carbocycles. The number of aromatic nitrogens is 1. The van der Waals surface area contributed by atoms with Crippen LogP contribution in [-0.4, -0.2) is 16.1 Å². The van der Waals surface area contributed by atoms with E-state index in [2.05, 4.69) is 20.9 Å². The molecular formula is C11H10BrNO3S. The molecule has 0 bridgehead atoms. The summed E-state index contributed by atoms with van der Waals surface area (Å²) in [6.45, 7) is 1.97. The van der Waals surface area contributed by atoms with Gasteiger partial charge in [0.1, 0.15) is 0 Å². The predicted molar refractivity (Wildman–Crippen MR) is 68.5 cm³/mol. The zero-order chi connectivity index (χ0) is 12.4. The Hall–Kier alpha value is -1.14. The lowest BCUT2D eigenvalue weighted by Gasteiger charge is -1.91. The van der Waals surface area contributed by atoms with Crippen LogP contribution in [-0.2, 0) is 6.42 Å². The Bertz CT molecular complexity index is 547. The minimum atomic E-state index is -1.07. The molecule has 0 aliphatic carbocycles. The number of halogens is 1. The standard InChI is InChI=1S/C11H10BrNO3S/c1-2-3-7-9(11(14)15)16-10(13-7)6-4-8(12)17-5-6/h4-5H,2-3H2,1H3,(H,14,15). The van der Waals surface area contributed by atoms with Gasteiger partial charge in [0, 0.05) is 10.9 Å². The number of carboxylic acid groups (broad SMARTS) is 1. The van der Waals surface area contributed by atoms with Gasteiger partial charge in [-0.2, -0.15) is 0 Å². The first kappa shape index (κ1) is 12.3. The Balaban J connectivity index is 2.43. The number of carboxylic acids is 1. The minimum absolute atomic E-state index is 0.0517. The van der Waals surface area contributed by atoms with Crippen LogP contribution in [0.15, 0.2) is 19.6 Å². The second-order valence-corrected chi connectivity index (χ2v) is 5.78. The van der Waals surface area contributed by atoms with Gasteiger partial charge in [-0.3, -0.25) is 0 Å². The largest absolute Gasteiger partial charge is 0.475 e. The van der Waals surface area contributed by atoms with Crippen molar-refractivity contribution in [2.45, 2.75) is 19.8 Å². The van der Waals surface area contributed by atoms with E-state index < -0.39 is 5.97 Å². The highest BCUT2D eigenvalue weighted by Gasteiger charge is 2.20. The molecule has 0 atom stereocenters. The summed E-state index contributed by atoms with van der Waals surface area (Å²) in [5.74, 6) is -0.751. The molecule has 1 N–H and O–H groups in total. The SMILES string of the molecule is CCCc1nc(-c2csc(Br)c2)oc1C(=O)O. The van der Waals surface area contributed by atoms with Crippen LogP contribution in [0.5, 0.6) is 0 Å². The molecule has 2 heterocycles. The number of thiophene rings is 1. The number of nitrogens with zero attached hydrogens (tertiary/aromatic N) is 1. The summed E-state index contributed by atoms with van der Waals surface area (Å²) in [7, 11) is 0. The van der Waals surface area contributed by atoms with Gasteiger partial charge in [0.05, 0.1) is 9.48 Å². The minimum Gasteiger partial charge on any atom is -0.475 e. The number of hydrogen-bond acceptors (Lipinski definition) is 4. The number of rotatable bonds is 4. The number of hydrogen-bond donors (Lipinski definition) is 1. The Labute approximate surface area is 110 Å². The highest BCUT2D eigenvalue weighted by atomic mass is 79.9. The zero-order valence-corrected chi connectivity index (χ0v) is 11.5. The number of oxazole rings is 1. The van der Waals surface area contributed by atoms with Crippen LogP contribution >= 0.6 is 27.3 Å². The van der Waals surface area contributed by atoms with Gasteiger partial charge in [0.25, 0.3) is 0 Å². The fourth-order valence-corrected chi connectivity index (χ4v) is 2.60.